The zero-order valence-corrected chi connectivity index (χ0v) is 4.26. The van der Waals surface area contributed by atoms with Crippen LogP contribution in [0.3, 0.4) is 0 Å². The van der Waals surface area contributed by atoms with E-state index >= 15 is 0 Å². The van der Waals surface area contributed by atoms with E-state index in [1.165, 1.54) is 7.05 Å². The molecule has 2 N–H and O–H groups in total. The third-order valence-corrected chi connectivity index (χ3v) is 0.886. The standard InChI is InChI=1S/C3H5N3O2/c1-6-2(7)4-5-3(6)8/h1H3,(H,4,7)(H,5,8). The highest BCUT2D eigenvalue weighted by molar-refractivity contribution is 4.60. The first-order chi connectivity index (χ1) is 3.72. The second kappa shape index (κ2) is 1.36. The SMILES string of the molecule is Cn1c(=O)[nH][nH]c1=O. The van der Waals surface area contributed by atoms with Crippen molar-refractivity contribution >= 4 is 0 Å². The van der Waals surface area contributed by atoms with Crippen molar-refractivity contribution in [3.63, 3.8) is 0 Å². The van der Waals surface area contributed by atoms with Crippen LogP contribution in [-0.2, 0) is 7.05 Å². The van der Waals surface area contributed by atoms with Crippen LogP contribution in [0.15, 0.2) is 9.59 Å². The molecular weight excluding hydrogens is 110 g/mol. The molecule has 0 aromatic carbocycles. The fourth-order valence-electron chi connectivity index (χ4n) is 0.367. The number of rotatable bonds is 0. The number of nitrogens with zero attached hydrogens (tertiary/aromatic N) is 1. The van der Waals surface area contributed by atoms with E-state index in [9.17, 15) is 9.59 Å². The summed E-state index contributed by atoms with van der Waals surface area (Å²) in [5.74, 6) is 0. The van der Waals surface area contributed by atoms with Crippen LogP contribution in [0.2, 0.25) is 0 Å². The molecule has 0 amide bonds. The van der Waals surface area contributed by atoms with E-state index in [-0.39, 0.29) is 0 Å². The van der Waals surface area contributed by atoms with Gasteiger partial charge in [-0.25, -0.2) is 24.4 Å². The molecule has 1 rings (SSSR count). The summed E-state index contributed by atoms with van der Waals surface area (Å²) in [5, 5.41) is 4.21. The number of aromatic nitrogens is 3. The Labute approximate surface area is 43.9 Å². The molecule has 0 aliphatic heterocycles. The Balaban J connectivity index is 3.66. The minimum Gasteiger partial charge on any atom is -0.247 e. The maximum atomic E-state index is 10.3. The Kier molecular flexibility index (Phi) is 0.831. The van der Waals surface area contributed by atoms with Gasteiger partial charge in [0.05, 0.1) is 0 Å². The first-order valence-electron chi connectivity index (χ1n) is 2.05. The van der Waals surface area contributed by atoms with Crippen LogP contribution < -0.4 is 11.4 Å². The van der Waals surface area contributed by atoms with Crippen LogP contribution in [-0.4, -0.2) is 14.8 Å². The van der Waals surface area contributed by atoms with Gasteiger partial charge in [0.1, 0.15) is 0 Å². The van der Waals surface area contributed by atoms with E-state index in [2.05, 4.69) is 10.2 Å². The van der Waals surface area contributed by atoms with Crippen molar-refractivity contribution in [3.8, 4) is 0 Å². The summed E-state index contributed by atoms with van der Waals surface area (Å²) in [4.78, 5) is 20.6. The summed E-state index contributed by atoms with van der Waals surface area (Å²) >= 11 is 0. The minimum absolute atomic E-state index is 0.421. The molecule has 0 aliphatic rings. The van der Waals surface area contributed by atoms with E-state index in [1.54, 1.807) is 0 Å². The average molecular weight is 115 g/mol. The molecule has 5 heteroatoms. The molecule has 1 heterocycles. The lowest BCUT2D eigenvalue weighted by Gasteiger charge is -1.73. The molecule has 0 unspecified atom stereocenters. The Morgan fingerprint density at radius 3 is 1.75 bits per heavy atom. The molecule has 0 saturated carbocycles. The highest BCUT2D eigenvalue weighted by atomic mass is 16.2. The van der Waals surface area contributed by atoms with Crippen LogP contribution in [0.25, 0.3) is 0 Å². The zero-order chi connectivity index (χ0) is 6.15. The predicted molar refractivity (Wildman–Crippen MR) is 26.7 cm³/mol. The van der Waals surface area contributed by atoms with Gasteiger partial charge in [-0.15, -0.1) is 0 Å². The second-order valence-corrected chi connectivity index (χ2v) is 1.42. The predicted octanol–water partition coefficient (Wildman–Crippen LogP) is -1.60. The molecule has 0 spiro atoms. The van der Waals surface area contributed by atoms with Gasteiger partial charge in [-0.05, 0) is 0 Å². The lowest BCUT2D eigenvalue weighted by atomic mass is 11.0. The van der Waals surface area contributed by atoms with Crippen LogP contribution in [0.1, 0.15) is 0 Å². The lowest BCUT2D eigenvalue weighted by molar-refractivity contribution is 0.827. The monoisotopic (exact) mass is 115 g/mol. The molecule has 0 fully saturated rings. The van der Waals surface area contributed by atoms with Crippen molar-refractivity contribution in [1.82, 2.24) is 14.8 Å². The first kappa shape index (κ1) is 4.89. The average Bonchev–Trinajstić information content (AvgIpc) is 1.98. The highest BCUT2D eigenvalue weighted by Crippen LogP contribution is 1.45. The van der Waals surface area contributed by atoms with Gasteiger partial charge in [0.25, 0.3) is 0 Å². The van der Waals surface area contributed by atoms with Gasteiger partial charge >= 0.3 is 11.4 Å². The summed E-state index contributed by atoms with van der Waals surface area (Å²) in [6, 6.07) is 0. The van der Waals surface area contributed by atoms with Gasteiger partial charge < -0.3 is 0 Å². The smallest absolute Gasteiger partial charge is 0.247 e. The Morgan fingerprint density at radius 2 is 1.62 bits per heavy atom. The van der Waals surface area contributed by atoms with Crippen molar-refractivity contribution in [2.24, 2.45) is 7.05 Å². The van der Waals surface area contributed by atoms with Crippen molar-refractivity contribution in [1.29, 1.82) is 0 Å². The number of aromatic amines is 2. The van der Waals surface area contributed by atoms with Crippen LogP contribution in [0.5, 0.6) is 0 Å². The first-order valence-corrected chi connectivity index (χ1v) is 2.05. The van der Waals surface area contributed by atoms with Gasteiger partial charge in [-0.2, -0.15) is 0 Å². The molecule has 0 aliphatic carbocycles. The fraction of sp³-hybridized carbons (Fsp3) is 0.333. The Hall–Kier alpha value is -1.26. The molecule has 1 aromatic rings. The van der Waals surface area contributed by atoms with Crippen LogP contribution >= 0.6 is 0 Å². The van der Waals surface area contributed by atoms with Crippen LogP contribution in [0.4, 0.5) is 0 Å². The molecule has 0 atom stereocenters. The van der Waals surface area contributed by atoms with Gasteiger partial charge in [0.2, 0.25) is 0 Å². The molecule has 0 saturated heterocycles. The van der Waals surface area contributed by atoms with Gasteiger partial charge in [0.15, 0.2) is 0 Å². The summed E-state index contributed by atoms with van der Waals surface area (Å²) in [6.45, 7) is 0. The second-order valence-electron chi connectivity index (χ2n) is 1.42. The maximum absolute atomic E-state index is 10.3. The Morgan fingerprint density at radius 1 is 1.25 bits per heavy atom. The number of H-pyrrole nitrogens is 2. The molecule has 0 bridgehead atoms. The van der Waals surface area contributed by atoms with Gasteiger partial charge in [0, 0.05) is 7.05 Å². The van der Waals surface area contributed by atoms with Crippen molar-refractivity contribution in [2.45, 2.75) is 0 Å². The summed E-state index contributed by atoms with van der Waals surface area (Å²) < 4.78 is 0.944. The Bertz CT molecular complexity index is 250. The van der Waals surface area contributed by atoms with Crippen LogP contribution in [0, 0.1) is 0 Å². The molecule has 5 nitrogen and oxygen atoms in total. The highest BCUT2D eigenvalue weighted by Gasteiger charge is 1.91. The number of nitrogens with one attached hydrogen (secondary N) is 2. The van der Waals surface area contributed by atoms with E-state index in [0.29, 0.717) is 0 Å². The van der Waals surface area contributed by atoms with Crippen molar-refractivity contribution < 1.29 is 0 Å². The number of hydrogen-bond acceptors (Lipinski definition) is 2. The molecule has 1 aromatic heterocycles. The van der Waals surface area contributed by atoms with E-state index in [1.807, 2.05) is 0 Å². The van der Waals surface area contributed by atoms with E-state index in [4.69, 9.17) is 0 Å². The number of hydrogen-bond donors (Lipinski definition) is 2. The lowest BCUT2D eigenvalue weighted by Crippen LogP contribution is -2.22. The normalized spacial score (nSPS) is 9.62. The molecule has 0 radical (unpaired) electrons. The quantitative estimate of drug-likeness (QED) is 0.427. The summed E-state index contributed by atoms with van der Waals surface area (Å²) in [7, 11) is 1.39. The fourth-order valence-corrected chi connectivity index (χ4v) is 0.367. The van der Waals surface area contributed by atoms with Gasteiger partial charge in [-0.3, -0.25) is 0 Å². The van der Waals surface area contributed by atoms with Crippen molar-refractivity contribution in [2.75, 3.05) is 0 Å². The molecule has 8 heavy (non-hydrogen) atoms. The third kappa shape index (κ3) is 0.481. The maximum Gasteiger partial charge on any atom is 0.344 e. The minimum atomic E-state index is -0.421. The summed E-state index contributed by atoms with van der Waals surface area (Å²) in [5.41, 5.74) is -0.843. The van der Waals surface area contributed by atoms with Crippen molar-refractivity contribution in [3.05, 3.63) is 21.0 Å². The largest absolute Gasteiger partial charge is 0.344 e. The zero-order valence-electron chi connectivity index (χ0n) is 4.26. The van der Waals surface area contributed by atoms with Gasteiger partial charge in [-0.1, -0.05) is 0 Å². The van der Waals surface area contributed by atoms with E-state index < -0.39 is 11.4 Å². The van der Waals surface area contributed by atoms with E-state index in [0.717, 1.165) is 4.57 Å². The third-order valence-electron chi connectivity index (χ3n) is 0.886. The topological polar surface area (TPSA) is 70.7 Å². The summed E-state index contributed by atoms with van der Waals surface area (Å²) in [6.07, 6.45) is 0. The molecule has 44 valence electrons. The molecular formula is C3H5N3O2.